The molecule has 12 heteroatoms. The Kier molecular flexibility index (Phi) is 5.71. The van der Waals surface area contributed by atoms with Crippen molar-refractivity contribution in [1.82, 2.24) is 29.9 Å². The molecule has 10 nitrogen and oxygen atoms in total. The fourth-order valence-electron chi connectivity index (χ4n) is 2.70. The molecule has 1 saturated heterocycles. The van der Waals surface area contributed by atoms with Gasteiger partial charge < -0.3 is 15.0 Å². The molecule has 0 aliphatic carbocycles. The molecule has 0 radical (unpaired) electrons. The van der Waals surface area contributed by atoms with Gasteiger partial charge in [0.2, 0.25) is 17.8 Å². The number of hydrogen-bond donors (Lipinski definition) is 2. The molecule has 2 N–H and O–H groups in total. The van der Waals surface area contributed by atoms with Crippen molar-refractivity contribution < 1.29 is 9.13 Å². The summed E-state index contributed by atoms with van der Waals surface area (Å²) in [5.41, 5.74) is 0. The molecular weight excluding hydrogens is 397 g/mol. The van der Waals surface area contributed by atoms with Crippen molar-refractivity contribution >= 4 is 34.3 Å². The van der Waals surface area contributed by atoms with Gasteiger partial charge in [-0.25, -0.2) is 19.3 Å². The zero-order valence-corrected chi connectivity index (χ0v) is 16.8. The van der Waals surface area contributed by atoms with E-state index in [2.05, 4.69) is 40.5 Å². The summed E-state index contributed by atoms with van der Waals surface area (Å²) in [4.78, 5) is 29.0. The molecule has 4 heterocycles. The van der Waals surface area contributed by atoms with E-state index in [1.165, 1.54) is 11.3 Å². The van der Waals surface area contributed by atoms with E-state index in [4.69, 9.17) is 4.74 Å². The minimum atomic E-state index is -0.485. The minimum Gasteiger partial charge on any atom is -0.378 e. The first-order valence-electron chi connectivity index (χ1n) is 9.09. The van der Waals surface area contributed by atoms with Gasteiger partial charge in [-0.1, -0.05) is 0 Å². The Morgan fingerprint density at radius 1 is 1.07 bits per heavy atom. The van der Waals surface area contributed by atoms with Crippen LogP contribution >= 0.6 is 11.3 Å². The molecule has 152 valence electrons. The summed E-state index contributed by atoms with van der Waals surface area (Å²) in [6.07, 6.45) is 4.04. The van der Waals surface area contributed by atoms with E-state index in [0.29, 0.717) is 55.1 Å². The number of nitrogens with one attached hydrogen (secondary N) is 2. The molecule has 1 fully saturated rings. The zero-order valence-electron chi connectivity index (χ0n) is 16.0. The molecule has 0 unspecified atom stereocenters. The normalized spacial score (nSPS) is 15.2. The smallest absolute Gasteiger partial charge is 0.235 e. The van der Waals surface area contributed by atoms with E-state index in [0.717, 1.165) is 17.3 Å². The van der Waals surface area contributed by atoms with Crippen LogP contribution in [0.2, 0.25) is 0 Å². The van der Waals surface area contributed by atoms with E-state index >= 15 is 0 Å². The molecule has 0 aromatic carbocycles. The molecule has 4 rings (SSSR count). The lowest BCUT2D eigenvalue weighted by Crippen LogP contribution is -2.37. The topological polar surface area (TPSA) is 114 Å². The number of aromatic nitrogens is 6. The summed E-state index contributed by atoms with van der Waals surface area (Å²) in [6, 6.07) is -0.328. The van der Waals surface area contributed by atoms with Crippen LogP contribution in [-0.4, -0.2) is 56.2 Å². The van der Waals surface area contributed by atoms with Gasteiger partial charge in [-0.15, -0.1) is 11.3 Å². The van der Waals surface area contributed by atoms with Gasteiger partial charge >= 0.3 is 0 Å². The van der Waals surface area contributed by atoms with Crippen LogP contribution in [0.25, 0.3) is 0 Å². The van der Waals surface area contributed by atoms with Crippen LogP contribution in [0.15, 0.2) is 18.6 Å². The average molecular weight is 417 g/mol. The molecule has 0 saturated carbocycles. The van der Waals surface area contributed by atoms with Gasteiger partial charge in [0.15, 0.2) is 10.9 Å². The van der Waals surface area contributed by atoms with E-state index in [9.17, 15) is 4.39 Å². The summed E-state index contributed by atoms with van der Waals surface area (Å²) in [5.74, 6) is 1.22. The molecule has 1 aliphatic rings. The third kappa shape index (κ3) is 4.90. The van der Waals surface area contributed by atoms with Gasteiger partial charge in [-0.2, -0.15) is 15.0 Å². The second-order valence-corrected chi connectivity index (χ2v) is 7.64. The second-order valence-electron chi connectivity index (χ2n) is 6.41. The molecule has 3 aromatic rings. The zero-order chi connectivity index (χ0) is 20.2. The fraction of sp³-hybridized carbons (Fsp3) is 0.412. The van der Waals surface area contributed by atoms with Gasteiger partial charge in [-0.05, 0) is 13.8 Å². The lowest BCUT2D eigenvalue weighted by Gasteiger charge is -2.27. The summed E-state index contributed by atoms with van der Waals surface area (Å²) in [6.45, 7) is 6.44. The van der Waals surface area contributed by atoms with Crippen molar-refractivity contribution in [3.8, 4) is 0 Å². The molecule has 29 heavy (non-hydrogen) atoms. The molecule has 0 spiro atoms. The van der Waals surface area contributed by atoms with Crippen molar-refractivity contribution in [3.63, 3.8) is 0 Å². The molecule has 1 aliphatic heterocycles. The van der Waals surface area contributed by atoms with Crippen LogP contribution in [0.4, 0.5) is 27.4 Å². The summed E-state index contributed by atoms with van der Waals surface area (Å²) < 4.78 is 18.5. The van der Waals surface area contributed by atoms with E-state index < -0.39 is 5.82 Å². The second kappa shape index (κ2) is 8.57. The SMILES string of the molecule is Cc1cnc(Nc2nc(N[C@@H](C)c3ncc(F)cn3)nc(N3CCOCC3)n2)s1. The van der Waals surface area contributed by atoms with E-state index in [1.807, 2.05) is 18.7 Å². The van der Waals surface area contributed by atoms with Crippen LogP contribution < -0.4 is 15.5 Å². The van der Waals surface area contributed by atoms with Crippen molar-refractivity contribution in [1.29, 1.82) is 0 Å². The quantitative estimate of drug-likeness (QED) is 0.619. The highest BCUT2D eigenvalue weighted by atomic mass is 32.1. The maximum absolute atomic E-state index is 13.1. The number of nitrogens with zero attached hydrogens (tertiary/aromatic N) is 7. The van der Waals surface area contributed by atoms with E-state index in [-0.39, 0.29) is 6.04 Å². The van der Waals surface area contributed by atoms with Crippen LogP contribution in [0.5, 0.6) is 0 Å². The summed E-state index contributed by atoms with van der Waals surface area (Å²) in [5, 5.41) is 6.99. The first kappa shape index (κ1) is 19.3. The fourth-order valence-corrected chi connectivity index (χ4v) is 3.36. The molecule has 3 aromatic heterocycles. The Balaban J connectivity index is 1.60. The maximum atomic E-state index is 13.1. The first-order chi connectivity index (χ1) is 14.1. The standard InChI is InChI=1S/C17H20FN9OS/c1-10-7-21-17(29-10)26-15-23-14(22-11(2)13-19-8-12(18)9-20-13)24-16(25-15)27-3-5-28-6-4-27/h7-9,11H,3-6H2,1-2H3,(H2,21,22,23,24,25,26)/t11-/m0/s1. The molecule has 0 bridgehead atoms. The monoisotopic (exact) mass is 417 g/mol. The molecular formula is C17H20FN9OS. The predicted molar refractivity (Wildman–Crippen MR) is 107 cm³/mol. The van der Waals surface area contributed by atoms with Crippen LogP contribution in [0, 0.1) is 12.7 Å². The third-order valence-corrected chi connectivity index (χ3v) is 4.96. The average Bonchev–Trinajstić information content (AvgIpc) is 3.13. The first-order valence-corrected chi connectivity index (χ1v) is 9.90. The number of rotatable bonds is 6. The highest BCUT2D eigenvalue weighted by molar-refractivity contribution is 7.15. The van der Waals surface area contributed by atoms with Crippen molar-refractivity contribution in [2.24, 2.45) is 0 Å². The Morgan fingerprint density at radius 3 is 2.48 bits per heavy atom. The Morgan fingerprint density at radius 2 is 1.79 bits per heavy atom. The number of anilines is 4. The largest absolute Gasteiger partial charge is 0.378 e. The number of ether oxygens (including phenoxy) is 1. The van der Waals surface area contributed by atoms with Gasteiger partial charge in [0.05, 0.1) is 31.6 Å². The minimum absolute atomic E-state index is 0.328. The molecule has 1 atom stereocenters. The van der Waals surface area contributed by atoms with Crippen molar-refractivity contribution in [2.45, 2.75) is 19.9 Å². The number of halogens is 1. The number of hydrogen-bond acceptors (Lipinski definition) is 11. The Hall–Kier alpha value is -2.99. The highest BCUT2D eigenvalue weighted by Crippen LogP contribution is 2.23. The van der Waals surface area contributed by atoms with Crippen molar-refractivity contribution in [3.05, 3.63) is 35.1 Å². The van der Waals surface area contributed by atoms with Gasteiger partial charge in [0.25, 0.3) is 0 Å². The summed E-state index contributed by atoms with van der Waals surface area (Å²) in [7, 11) is 0. The predicted octanol–water partition coefficient (Wildman–Crippen LogP) is 2.32. The Labute approximate surface area is 170 Å². The molecule has 0 amide bonds. The number of thiazole rings is 1. The number of aryl methyl sites for hydroxylation is 1. The van der Waals surface area contributed by atoms with Crippen molar-refractivity contribution in [2.75, 3.05) is 41.8 Å². The third-order valence-electron chi connectivity index (χ3n) is 4.13. The van der Waals surface area contributed by atoms with Crippen LogP contribution in [-0.2, 0) is 4.74 Å². The van der Waals surface area contributed by atoms with Gasteiger partial charge in [0.1, 0.15) is 5.82 Å². The van der Waals surface area contributed by atoms with Crippen LogP contribution in [0.1, 0.15) is 23.7 Å². The summed E-state index contributed by atoms with van der Waals surface area (Å²) >= 11 is 1.51. The van der Waals surface area contributed by atoms with Gasteiger partial charge in [-0.3, -0.25) is 5.32 Å². The van der Waals surface area contributed by atoms with Crippen LogP contribution in [0.3, 0.4) is 0 Å². The lowest BCUT2D eigenvalue weighted by molar-refractivity contribution is 0.122. The highest BCUT2D eigenvalue weighted by Gasteiger charge is 2.19. The number of morpholine rings is 1. The Bertz CT molecular complexity index is 962. The lowest BCUT2D eigenvalue weighted by atomic mass is 10.3. The van der Waals surface area contributed by atoms with E-state index in [1.54, 1.807) is 6.20 Å². The maximum Gasteiger partial charge on any atom is 0.235 e. The van der Waals surface area contributed by atoms with Gasteiger partial charge in [0, 0.05) is 24.2 Å².